The van der Waals surface area contributed by atoms with Gasteiger partial charge in [-0.25, -0.2) is 0 Å². The van der Waals surface area contributed by atoms with Crippen molar-refractivity contribution in [3.63, 3.8) is 0 Å². The zero-order chi connectivity index (χ0) is 22.4. The van der Waals surface area contributed by atoms with Gasteiger partial charge in [0.2, 0.25) is 0 Å². The lowest BCUT2D eigenvalue weighted by Crippen LogP contribution is -2.53. The van der Waals surface area contributed by atoms with Crippen LogP contribution < -0.4 is 4.74 Å². The van der Waals surface area contributed by atoms with Crippen LogP contribution in [0.25, 0.3) is 10.9 Å². The van der Waals surface area contributed by atoms with E-state index >= 15 is 0 Å². The minimum atomic E-state index is -0.0197. The number of nitrogens with one attached hydrogen (secondary N) is 1. The minimum Gasteiger partial charge on any atom is -0.497 e. The number of aliphatic hydroxyl groups is 1. The van der Waals surface area contributed by atoms with Gasteiger partial charge in [-0.2, -0.15) is 0 Å². The van der Waals surface area contributed by atoms with Crippen molar-refractivity contribution in [2.75, 3.05) is 39.9 Å². The van der Waals surface area contributed by atoms with Crippen molar-refractivity contribution >= 4 is 10.9 Å². The third-order valence-corrected chi connectivity index (χ3v) is 8.27. The second kappa shape index (κ2) is 8.46. The van der Waals surface area contributed by atoms with Crippen molar-refractivity contribution < 1.29 is 9.84 Å². The Balaban J connectivity index is 1.41. The summed E-state index contributed by atoms with van der Waals surface area (Å²) in [6.07, 6.45) is 5.18. The molecule has 1 saturated heterocycles. The lowest BCUT2D eigenvalue weighted by atomic mass is 9.68. The zero-order valence-corrected chi connectivity index (χ0v) is 19.6. The number of nitrogens with zero attached hydrogens (tertiary/aromatic N) is 2. The van der Waals surface area contributed by atoms with E-state index in [4.69, 9.17) is 4.74 Å². The van der Waals surface area contributed by atoms with Crippen LogP contribution >= 0.6 is 0 Å². The molecule has 1 atom stereocenters. The summed E-state index contributed by atoms with van der Waals surface area (Å²) in [5, 5.41) is 11.9. The number of H-pyrrole nitrogens is 1. The molecule has 0 bridgehead atoms. The van der Waals surface area contributed by atoms with E-state index in [2.05, 4.69) is 63.3 Å². The number of aromatic amines is 1. The van der Waals surface area contributed by atoms with E-state index in [9.17, 15) is 5.11 Å². The molecule has 5 heteroatoms. The predicted molar refractivity (Wildman–Crippen MR) is 132 cm³/mol. The number of benzene rings is 2. The van der Waals surface area contributed by atoms with Crippen molar-refractivity contribution in [3.05, 3.63) is 65.4 Å². The van der Waals surface area contributed by atoms with Crippen molar-refractivity contribution in [3.8, 4) is 5.75 Å². The van der Waals surface area contributed by atoms with E-state index in [1.54, 1.807) is 7.11 Å². The van der Waals surface area contributed by atoms with E-state index in [1.807, 2.05) is 0 Å². The van der Waals surface area contributed by atoms with Crippen molar-refractivity contribution in [1.82, 2.24) is 14.8 Å². The van der Waals surface area contributed by atoms with Gasteiger partial charge in [0.25, 0.3) is 0 Å². The Morgan fingerprint density at radius 2 is 1.88 bits per heavy atom. The molecule has 1 aromatic heterocycles. The molecule has 1 aliphatic carbocycles. The molecule has 2 aromatic carbocycles. The number of piperidine rings is 1. The first kappa shape index (κ1) is 21.2. The Kier molecular flexibility index (Phi) is 5.44. The van der Waals surface area contributed by atoms with Gasteiger partial charge in [-0.1, -0.05) is 30.3 Å². The summed E-state index contributed by atoms with van der Waals surface area (Å²) in [5.74, 6) is 1.81. The highest BCUT2D eigenvalue weighted by molar-refractivity contribution is 5.87. The number of methoxy groups -OCH3 is 1. The molecule has 2 fully saturated rings. The second-order valence-electron chi connectivity index (χ2n) is 10.4. The fourth-order valence-electron chi connectivity index (χ4n) is 6.33. The number of fused-ring (bicyclic) bond motifs is 4. The van der Waals surface area contributed by atoms with Crippen molar-refractivity contribution in [1.29, 1.82) is 0 Å². The lowest BCUT2D eigenvalue weighted by Gasteiger charge is -2.50. The largest absolute Gasteiger partial charge is 0.497 e. The summed E-state index contributed by atoms with van der Waals surface area (Å²) in [6, 6.07) is 17.1. The number of hydrogen-bond acceptors (Lipinski definition) is 4. The van der Waals surface area contributed by atoms with E-state index in [0.29, 0.717) is 0 Å². The van der Waals surface area contributed by atoms with Crippen LogP contribution in [0, 0.1) is 5.92 Å². The first-order valence-corrected chi connectivity index (χ1v) is 12.5. The Hall–Kier alpha value is -2.34. The average molecular weight is 446 g/mol. The van der Waals surface area contributed by atoms with E-state index in [1.165, 1.54) is 67.5 Å². The summed E-state index contributed by atoms with van der Waals surface area (Å²) in [4.78, 5) is 8.95. The van der Waals surface area contributed by atoms with Gasteiger partial charge in [0.1, 0.15) is 5.75 Å². The monoisotopic (exact) mass is 445 g/mol. The van der Waals surface area contributed by atoms with Gasteiger partial charge >= 0.3 is 0 Å². The maximum absolute atomic E-state index is 10.6. The fourth-order valence-corrected chi connectivity index (χ4v) is 6.33. The number of aromatic nitrogens is 1. The Bertz CT molecular complexity index is 1110. The number of rotatable bonds is 6. The van der Waals surface area contributed by atoms with Crippen LogP contribution in [0.15, 0.2) is 48.5 Å². The van der Waals surface area contributed by atoms with Gasteiger partial charge in [-0.15, -0.1) is 0 Å². The maximum atomic E-state index is 10.6. The number of ether oxygens (including phenoxy) is 1. The van der Waals surface area contributed by atoms with E-state index in [0.717, 1.165) is 30.3 Å². The Morgan fingerprint density at radius 3 is 2.58 bits per heavy atom. The van der Waals surface area contributed by atoms with Gasteiger partial charge in [0, 0.05) is 47.7 Å². The standard InChI is InChI=1S/C28H35N3O2/c1-33-22-9-10-23-24(15-22)29-27-25(18-32)31(17-20-5-3-2-4-6-20)19-28(26(23)27)11-13-30(14-12-28)16-21-7-8-21/h2-6,9-10,15,21,25,29,32H,7-8,11-14,16-19H2,1H3/t25-/m0/s1. The highest BCUT2D eigenvalue weighted by atomic mass is 16.5. The van der Waals surface area contributed by atoms with Crippen molar-refractivity contribution in [2.24, 2.45) is 5.92 Å². The smallest absolute Gasteiger partial charge is 0.120 e. The molecule has 0 unspecified atom stereocenters. The van der Waals surface area contributed by atoms with Gasteiger partial charge in [-0.05, 0) is 68.0 Å². The molecule has 3 heterocycles. The second-order valence-corrected chi connectivity index (χ2v) is 10.4. The predicted octanol–water partition coefficient (Wildman–Crippen LogP) is 4.47. The van der Waals surface area contributed by atoms with Gasteiger partial charge < -0.3 is 19.7 Å². The van der Waals surface area contributed by atoms with Gasteiger partial charge in [-0.3, -0.25) is 4.90 Å². The maximum Gasteiger partial charge on any atom is 0.120 e. The summed E-state index contributed by atoms with van der Waals surface area (Å²) < 4.78 is 5.52. The van der Waals surface area contributed by atoms with Crippen LogP contribution in [-0.4, -0.2) is 59.8 Å². The number of likely N-dealkylation sites (tertiary alicyclic amines) is 1. The normalized spacial score (nSPS) is 23.2. The van der Waals surface area contributed by atoms with Gasteiger partial charge in [0.05, 0.1) is 19.8 Å². The first-order chi connectivity index (χ1) is 16.2. The summed E-state index contributed by atoms with van der Waals surface area (Å²) in [6.45, 7) is 5.59. The molecule has 1 saturated carbocycles. The molecule has 5 nitrogen and oxygen atoms in total. The van der Waals surface area contributed by atoms with Crippen molar-refractivity contribution in [2.45, 2.75) is 43.7 Å². The summed E-state index contributed by atoms with van der Waals surface area (Å²) >= 11 is 0. The van der Waals surface area contributed by atoms with E-state index in [-0.39, 0.29) is 18.1 Å². The number of aliphatic hydroxyl groups excluding tert-OH is 1. The molecule has 2 N–H and O–H groups in total. The van der Waals surface area contributed by atoms with Gasteiger partial charge in [0.15, 0.2) is 0 Å². The molecule has 174 valence electrons. The molecule has 0 radical (unpaired) electrons. The molecule has 3 aromatic rings. The zero-order valence-electron chi connectivity index (χ0n) is 19.6. The highest BCUT2D eigenvalue weighted by Crippen LogP contribution is 2.49. The van der Waals surface area contributed by atoms with Crippen LogP contribution in [0.5, 0.6) is 5.75 Å². The quantitative estimate of drug-likeness (QED) is 0.588. The molecule has 33 heavy (non-hydrogen) atoms. The van der Waals surface area contributed by atoms with Crippen LogP contribution in [0.4, 0.5) is 0 Å². The molecule has 6 rings (SSSR count). The topological polar surface area (TPSA) is 51.7 Å². The molecule has 1 spiro atoms. The minimum absolute atomic E-state index is 0.0197. The lowest BCUT2D eigenvalue weighted by molar-refractivity contribution is 0.0426. The van der Waals surface area contributed by atoms with E-state index < -0.39 is 0 Å². The molecule has 2 aliphatic heterocycles. The SMILES string of the molecule is COc1ccc2c3c([nH]c2c1)[C@H](CO)N(Cc1ccccc1)CC31CCN(CC2CC2)CC1. The Morgan fingerprint density at radius 1 is 1.09 bits per heavy atom. The third kappa shape index (κ3) is 3.86. The first-order valence-electron chi connectivity index (χ1n) is 12.5. The Labute approximate surface area is 196 Å². The molecule has 0 amide bonds. The molecular formula is C28H35N3O2. The van der Waals surface area contributed by atoms with Crippen LogP contribution in [-0.2, 0) is 12.0 Å². The third-order valence-electron chi connectivity index (χ3n) is 8.27. The average Bonchev–Trinajstić information content (AvgIpc) is 3.58. The molecular weight excluding hydrogens is 410 g/mol. The van der Waals surface area contributed by atoms with Crippen LogP contribution in [0.3, 0.4) is 0 Å². The van der Waals surface area contributed by atoms with Crippen LogP contribution in [0.1, 0.15) is 48.5 Å². The highest BCUT2D eigenvalue weighted by Gasteiger charge is 2.47. The molecule has 3 aliphatic rings. The van der Waals surface area contributed by atoms with Crippen LogP contribution in [0.2, 0.25) is 0 Å². The number of hydrogen-bond donors (Lipinski definition) is 2. The fraction of sp³-hybridized carbons (Fsp3) is 0.500. The summed E-state index contributed by atoms with van der Waals surface area (Å²) in [7, 11) is 1.72. The summed E-state index contributed by atoms with van der Waals surface area (Å²) in [5.41, 5.74) is 5.20.